The van der Waals surface area contributed by atoms with Gasteiger partial charge in [0.25, 0.3) is 0 Å². The summed E-state index contributed by atoms with van der Waals surface area (Å²) in [5.74, 6) is -0.763. The lowest BCUT2D eigenvalue weighted by atomic mass is 9.98. The van der Waals surface area contributed by atoms with E-state index in [1.165, 1.54) is 12.1 Å². The molecule has 2 unspecified atom stereocenters. The van der Waals surface area contributed by atoms with Crippen molar-refractivity contribution in [1.82, 2.24) is 5.32 Å². The molecule has 2 atom stereocenters. The predicted molar refractivity (Wildman–Crippen MR) is 77.8 cm³/mol. The number of hydrogen-bond donors (Lipinski definition) is 1. The van der Waals surface area contributed by atoms with Gasteiger partial charge in [-0.2, -0.15) is 0 Å². The second kappa shape index (κ2) is 9.03. The Hall–Kier alpha value is -1.00. The highest BCUT2D eigenvalue weighted by Gasteiger charge is 2.21. The minimum atomic E-state index is -0.403. The van der Waals surface area contributed by atoms with E-state index in [1.54, 1.807) is 0 Å². The summed E-state index contributed by atoms with van der Waals surface area (Å²) >= 11 is 0. The van der Waals surface area contributed by atoms with Crippen LogP contribution >= 0.6 is 0 Å². The van der Waals surface area contributed by atoms with Crippen LogP contribution in [0.5, 0.6) is 0 Å². The highest BCUT2D eigenvalue weighted by Crippen LogP contribution is 2.16. The Morgan fingerprint density at radius 1 is 1.20 bits per heavy atom. The highest BCUT2D eigenvalue weighted by atomic mass is 19.1. The molecule has 1 N–H and O–H groups in total. The third-order valence-corrected chi connectivity index (χ3v) is 3.34. The van der Waals surface area contributed by atoms with Crippen LogP contribution in [0.25, 0.3) is 0 Å². The maximum atomic E-state index is 13.8. The molecule has 0 amide bonds. The zero-order chi connectivity index (χ0) is 15.0. The third-order valence-electron chi connectivity index (χ3n) is 3.34. The Morgan fingerprint density at radius 2 is 1.95 bits per heavy atom. The second-order valence-electron chi connectivity index (χ2n) is 4.90. The number of halogens is 2. The van der Waals surface area contributed by atoms with Gasteiger partial charge in [-0.15, -0.1) is 0 Å². The van der Waals surface area contributed by atoms with E-state index in [4.69, 9.17) is 4.74 Å². The Bertz CT molecular complexity index is 398. The fraction of sp³-hybridized carbons (Fsp3) is 0.625. The molecule has 1 rings (SSSR count). The lowest BCUT2D eigenvalue weighted by Crippen LogP contribution is -2.43. The first-order chi connectivity index (χ1) is 9.62. The molecule has 0 aliphatic heterocycles. The summed E-state index contributed by atoms with van der Waals surface area (Å²) in [5, 5.41) is 3.39. The number of benzene rings is 1. The van der Waals surface area contributed by atoms with E-state index in [9.17, 15) is 8.78 Å². The predicted octanol–water partition coefficient (Wildman–Crippen LogP) is 3.69. The number of hydrogen-bond acceptors (Lipinski definition) is 2. The molecule has 0 radical (unpaired) electrons. The maximum absolute atomic E-state index is 13.8. The Kier molecular flexibility index (Phi) is 7.70. The number of ether oxygens (including phenoxy) is 1. The molecule has 1 aromatic rings. The average Bonchev–Trinajstić information content (AvgIpc) is 2.44. The molecule has 0 bridgehead atoms. The normalized spacial score (nSPS) is 14.2. The fourth-order valence-corrected chi connectivity index (χ4v) is 2.33. The molecule has 0 spiro atoms. The van der Waals surface area contributed by atoms with Crippen molar-refractivity contribution >= 4 is 0 Å². The first kappa shape index (κ1) is 17.1. The van der Waals surface area contributed by atoms with Gasteiger partial charge in [-0.1, -0.05) is 13.8 Å². The van der Waals surface area contributed by atoms with Crippen molar-refractivity contribution in [3.05, 3.63) is 35.4 Å². The zero-order valence-corrected chi connectivity index (χ0v) is 12.6. The fourth-order valence-electron chi connectivity index (χ4n) is 2.33. The van der Waals surface area contributed by atoms with Gasteiger partial charge in [-0.25, -0.2) is 8.78 Å². The number of nitrogens with one attached hydrogen (secondary N) is 1. The van der Waals surface area contributed by atoms with Crippen LogP contribution < -0.4 is 5.32 Å². The van der Waals surface area contributed by atoms with Gasteiger partial charge >= 0.3 is 0 Å². The van der Waals surface area contributed by atoms with E-state index >= 15 is 0 Å². The van der Waals surface area contributed by atoms with Gasteiger partial charge in [-0.05, 0) is 56.5 Å². The van der Waals surface area contributed by atoms with Crippen molar-refractivity contribution in [3.63, 3.8) is 0 Å². The molecular formula is C16H25F2NO. The van der Waals surface area contributed by atoms with Gasteiger partial charge in [-0.3, -0.25) is 0 Å². The summed E-state index contributed by atoms with van der Waals surface area (Å²) in [5.41, 5.74) is 0.400. The standard InChI is InChI=1S/C16H25F2NO/c1-4-9-19-15(16(5-2)20-6-3)11-12-10-13(17)7-8-14(12)18/h7-8,10,15-16,19H,4-6,9,11H2,1-3H3. The van der Waals surface area contributed by atoms with Crippen molar-refractivity contribution < 1.29 is 13.5 Å². The van der Waals surface area contributed by atoms with Crippen LogP contribution in [0.3, 0.4) is 0 Å². The van der Waals surface area contributed by atoms with Crippen LogP contribution in [0.15, 0.2) is 18.2 Å². The van der Waals surface area contributed by atoms with E-state index in [2.05, 4.69) is 12.2 Å². The summed E-state index contributed by atoms with van der Waals surface area (Å²) < 4.78 is 32.7. The van der Waals surface area contributed by atoms with Crippen molar-refractivity contribution in [1.29, 1.82) is 0 Å². The zero-order valence-electron chi connectivity index (χ0n) is 12.6. The van der Waals surface area contributed by atoms with Crippen LogP contribution in [0.1, 0.15) is 39.2 Å². The summed E-state index contributed by atoms with van der Waals surface area (Å²) in [4.78, 5) is 0. The van der Waals surface area contributed by atoms with Crippen LogP contribution in [0, 0.1) is 11.6 Å². The van der Waals surface area contributed by atoms with Crippen molar-refractivity contribution in [2.24, 2.45) is 0 Å². The topological polar surface area (TPSA) is 21.3 Å². The van der Waals surface area contributed by atoms with Crippen LogP contribution in [-0.2, 0) is 11.2 Å². The van der Waals surface area contributed by atoms with Crippen LogP contribution in [0.4, 0.5) is 8.78 Å². The molecule has 114 valence electrons. The molecule has 20 heavy (non-hydrogen) atoms. The summed E-state index contributed by atoms with van der Waals surface area (Å²) in [7, 11) is 0. The molecule has 0 aliphatic rings. The average molecular weight is 285 g/mol. The lowest BCUT2D eigenvalue weighted by Gasteiger charge is -2.27. The monoisotopic (exact) mass is 285 g/mol. The molecule has 0 saturated carbocycles. The van der Waals surface area contributed by atoms with Gasteiger partial charge in [0.05, 0.1) is 6.10 Å². The van der Waals surface area contributed by atoms with Crippen molar-refractivity contribution in [2.45, 2.75) is 52.2 Å². The van der Waals surface area contributed by atoms with Crippen molar-refractivity contribution in [2.75, 3.05) is 13.2 Å². The maximum Gasteiger partial charge on any atom is 0.126 e. The van der Waals surface area contributed by atoms with Crippen LogP contribution in [0.2, 0.25) is 0 Å². The third kappa shape index (κ3) is 5.17. The Balaban J connectivity index is 2.84. The molecule has 0 heterocycles. The van der Waals surface area contributed by atoms with Gasteiger partial charge in [0.2, 0.25) is 0 Å². The van der Waals surface area contributed by atoms with Gasteiger partial charge < -0.3 is 10.1 Å². The van der Waals surface area contributed by atoms with E-state index in [0.717, 1.165) is 25.5 Å². The summed E-state index contributed by atoms with van der Waals surface area (Å²) in [6.45, 7) is 7.53. The molecule has 0 fully saturated rings. The Labute approximate surface area is 120 Å². The second-order valence-corrected chi connectivity index (χ2v) is 4.90. The summed E-state index contributed by atoms with van der Waals surface area (Å²) in [6.07, 6.45) is 2.27. The number of rotatable bonds is 9. The van der Waals surface area contributed by atoms with Crippen molar-refractivity contribution in [3.8, 4) is 0 Å². The Morgan fingerprint density at radius 3 is 2.55 bits per heavy atom. The van der Waals surface area contributed by atoms with Gasteiger partial charge in [0, 0.05) is 12.6 Å². The minimum absolute atomic E-state index is 0.00352. The van der Waals surface area contributed by atoms with E-state index in [0.29, 0.717) is 18.6 Å². The molecule has 1 aromatic carbocycles. The lowest BCUT2D eigenvalue weighted by molar-refractivity contribution is 0.0317. The molecule has 2 nitrogen and oxygen atoms in total. The quantitative estimate of drug-likeness (QED) is 0.747. The molecular weight excluding hydrogens is 260 g/mol. The van der Waals surface area contributed by atoms with E-state index in [1.807, 2.05) is 13.8 Å². The highest BCUT2D eigenvalue weighted by molar-refractivity contribution is 5.20. The molecule has 0 aliphatic carbocycles. The first-order valence-corrected chi connectivity index (χ1v) is 7.41. The smallest absolute Gasteiger partial charge is 0.126 e. The molecule has 4 heteroatoms. The minimum Gasteiger partial charge on any atom is -0.377 e. The van der Waals surface area contributed by atoms with Gasteiger partial charge in [0.1, 0.15) is 11.6 Å². The SMILES string of the molecule is CCCNC(Cc1cc(F)ccc1F)C(CC)OCC. The van der Waals surface area contributed by atoms with Crippen LogP contribution in [-0.4, -0.2) is 25.3 Å². The molecule has 0 saturated heterocycles. The largest absolute Gasteiger partial charge is 0.377 e. The van der Waals surface area contributed by atoms with E-state index < -0.39 is 5.82 Å². The van der Waals surface area contributed by atoms with Gasteiger partial charge in [0.15, 0.2) is 0 Å². The van der Waals surface area contributed by atoms with E-state index in [-0.39, 0.29) is 18.0 Å². The summed E-state index contributed by atoms with van der Waals surface area (Å²) in [6, 6.07) is 3.60. The first-order valence-electron chi connectivity index (χ1n) is 7.41. The molecule has 0 aromatic heterocycles.